The van der Waals surface area contributed by atoms with Crippen molar-refractivity contribution in [3.63, 3.8) is 0 Å². The molecule has 0 saturated carbocycles. The first-order chi connectivity index (χ1) is 8.18. The third-order valence-corrected chi connectivity index (χ3v) is 3.35. The van der Waals surface area contributed by atoms with Gasteiger partial charge in [-0.2, -0.15) is 0 Å². The van der Waals surface area contributed by atoms with Gasteiger partial charge in [0.15, 0.2) is 0 Å². The van der Waals surface area contributed by atoms with Crippen molar-refractivity contribution in [1.29, 1.82) is 0 Å². The molecule has 0 aromatic rings. The van der Waals surface area contributed by atoms with Gasteiger partial charge in [0.05, 0.1) is 18.8 Å². The highest BCUT2D eigenvalue weighted by atomic mass is 16.5. The van der Waals surface area contributed by atoms with Gasteiger partial charge in [0.25, 0.3) is 0 Å². The van der Waals surface area contributed by atoms with Gasteiger partial charge in [-0.15, -0.1) is 0 Å². The van der Waals surface area contributed by atoms with Crippen LogP contribution in [0.15, 0.2) is 0 Å². The van der Waals surface area contributed by atoms with Crippen molar-refractivity contribution in [3.8, 4) is 0 Å². The Morgan fingerprint density at radius 2 is 2.12 bits per heavy atom. The summed E-state index contributed by atoms with van der Waals surface area (Å²) in [7, 11) is 0. The fourth-order valence-corrected chi connectivity index (χ4v) is 2.40. The minimum absolute atomic E-state index is 0.0456. The van der Waals surface area contributed by atoms with Crippen LogP contribution in [0.1, 0.15) is 20.3 Å². The molecule has 2 aliphatic heterocycles. The highest BCUT2D eigenvalue weighted by Gasteiger charge is 2.32. The zero-order chi connectivity index (χ0) is 12.3. The van der Waals surface area contributed by atoms with Crippen LogP contribution in [0.5, 0.6) is 0 Å². The number of carbonyl (C=O) groups is 1. The van der Waals surface area contributed by atoms with Crippen LogP contribution >= 0.6 is 0 Å². The standard InChI is InChI=1S/C12H22N2O3/c1-9-8-14(5-3-6-16-9)12(15)11-10(2)17-7-4-13-11/h9-11,13H,3-8H2,1-2H3/t9?,10-,11+/m1/s1. The van der Waals surface area contributed by atoms with Gasteiger partial charge >= 0.3 is 0 Å². The monoisotopic (exact) mass is 242 g/mol. The van der Waals surface area contributed by atoms with E-state index in [0.29, 0.717) is 13.2 Å². The van der Waals surface area contributed by atoms with Crippen molar-refractivity contribution < 1.29 is 14.3 Å². The number of nitrogens with zero attached hydrogens (tertiary/aromatic N) is 1. The maximum absolute atomic E-state index is 12.4. The molecule has 2 rings (SSSR count). The summed E-state index contributed by atoms with van der Waals surface area (Å²) in [6.45, 7) is 7.62. The first kappa shape index (κ1) is 12.8. The van der Waals surface area contributed by atoms with Gasteiger partial charge in [0.2, 0.25) is 5.91 Å². The second-order valence-corrected chi connectivity index (χ2v) is 4.83. The van der Waals surface area contributed by atoms with Crippen LogP contribution < -0.4 is 5.32 Å². The minimum atomic E-state index is -0.200. The van der Waals surface area contributed by atoms with Gasteiger partial charge in [-0.3, -0.25) is 4.79 Å². The van der Waals surface area contributed by atoms with Gasteiger partial charge in [-0.05, 0) is 20.3 Å². The van der Waals surface area contributed by atoms with Crippen molar-refractivity contribution in [2.24, 2.45) is 0 Å². The molecule has 2 heterocycles. The first-order valence-electron chi connectivity index (χ1n) is 6.44. The molecule has 0 spiro atoms. The molecule has 17 heavy (non-hydrogen) atoms. The molecular weight excluding hydrogens is 220 g/mol. The molecule has 3 atom stereocenters. The molecular formula is C12H22N2O3. The van der Waals surface area contributed by atoms with E-state index in [0.717, 1.165) is 26.1 Å². The molecule has 0 aromatic carbocycles. The Morgan fingerprint density at radius 1 is 1.29 bits per heavy atom. The predicted molar refractivity (Wildman–Crippen MR) is 63.8 cm³/mol. The SMILES string of the molecule is CC1CN(C(=O)[C@H]2NCCO[C@@H]2C)CCCO1. The predicted octanol–water partition coefficient (Wildman–Crippen LogP) is 0.000700. The molecule has 0 aliphatic carbocycles. The lowest BCUT2D eigenvalue weighted by Gasteiger charge is -2.33. The molecule has 5 nitrogen and oxygen atoms in total. The Bertz CT molecular complexity index is 272. The quantitative estimate of drug-likeness (QED) is 0.703. The summed E-state index contributed by atoms with van der Waals surface area (Å²) in [5.41, 5.74) is 0. The molecule has 98 valence electrons. The van der Waals surface area contributed by atoms with Crippen molar-refractivity contribution >= 4 is 5.91 Å². The second-order valence-electron chi connectivity index (χ2n) is 4.83. The van der Waals surface area contributed by atoms with E-state index in [1.54, 1.807) is 0 Å². The number of rotatable bonds is 1. The van der Waals surface area contributed by atoms with E-state index in [2.05, 4.69) is 5.32 Å². The number of ether oxygens (including phenoxy) is 2. The summed E-state index contributed by atoms with van der Waals surface area (Å²) in [6.07, 6.45) is 0.995. The third kappa shape index (κ3) is 3.18. The summed E-state index contributed by atoms with van der Waals surface area (Å²) in [6, 6.07) is -0.200. The van der Waals surface area contributed by atoms with Crippen LogP contribution in [-0.4, -0.2) is 61.9 Å². The van der Waals surface area contributed by atoms with Crippen LogP contribution in [0.25, 0.3) is 0 Å². The van der Waals surface area contributed by atoms with Crippen LogP contribution in [0.4, 0.5) is 0 Å². The lowest BCUT2D eigenvalue weighted by Crippen LogP contribution is -2.57. The summed E-state index contributed by atoms with van der Waals surface area (Å²) in [5, 5.41) is 3.24. The highest BCUT2D eigenvalue weighted by Crippen LogP contribution is 2.11. The fraction of sp³-hybridized carbons (Fsp3) is 0.917. The molecule has 2 aliphatic rings. The van der Waals surface area contributed by atoms with Crippen molar-refractivity contribution in [2.75, 3.05) is 32.8 Å². The Kier molecular flexibility index (Phi) is 4.36. The number of nitrogens with one attached hydrogen (secondary N) is 1. The molecule has 0 bridgehead atoms. The van der Waals surface area contributed by atoms with Gasteiger partial charge < -0.3 is 19.7 Å². The van der Waals surface area contributed by atoms with Crippen molar-refractivity contribution in [1.82, 2.24) is 10.2 Å². The van der Waals surface area contributed by atoms with Gasteiger partial charge in [0, 0.05) is 26.2 Å². The lowest BCUT2D eigenvalue weighted by molar-refractivity contribution is -0.140. The summed E-state index contributed by atoms with van der Waals surface area (Å²) in [5.74, 6) is 0.148. The number of carbonyl (C=O) groups excluding carboxylic acids is 1. The largest absolute Gasteiger partial charge is 0.377 e. The Labute approximate surface area is 102 Å². The molecule has 0 radical (unpaired) electrons. The fourth-order valence-electron chi connectivity index (χ4n) is 2.40. The lowest BCUT2D eigenvalue weighted by atomic mass is 10.1. The van der Waals surface area contributed by atoms with Crippen LogP contribution in [0.2, 0.25) is 0 Å². The number of hydrogen-bond acceptors (Lipinski definition) is 4. The molecule has 5 heteroatoms. The number of morpholine rings is 1. The Morgan fingerprint density at radius 3 is 2.88 bits per heavy atom. The van der Waals surface area contributed by atoms with E-state index in [9.17, 15) is 4.79 Å². The van der Waals surface area contributed by atoms with Crippen LogP contribution in [0.3, 0.4) is 0 Å². The third-order valence-electron chi connectivity index (χ3n) is 3.35. The first-order valence-corrected chi connectivity index (χ1v) is 6.44. The van der Waals surface area contributed by atoms with Crippen LogP contribution in [0, 0.1) is 0 Å². The number of hydrogen-bond donors (Lipinski definition) is 1. The average Bonchev–Trinajstić information content (AvgIpc) is 2.54. The summed E-state index contributed by atoms with van der Waals surface area (Å²) in [4.78, 5) is 14.3. The zero-order valence-electron chi connectivity index (χ0n) is 10.6. The van der Waals surface area contributed by atoms with Crippen LogP contribution in [-0.2, 0) is 14.3 Å². The number of amides is 1. The topological polar surface area (TPSA) is 50.8 Å². The minimum Gasteiger partial charge on any atom is -0.377 e. The average molecular weight is 242 g/mol. The second kappa shape index (κ2) is 5.80. The molecule has 2 fully saturated rings. The van der Waals surface area contributed by atoms with Gasteiger partial charge in [-0.25, -0.2) is 0 Å². The van der Waals surface area contributed by atoms with Crippen molar-refractivity contribution in [3.05, 3.63) is 0 Å². The highest BCUT2D eigenvalue weighted by molar-refractivity contribution is 5.82. The summed E-state index contributed by atoms with van der Waals surface area (Å²) >= 11 is 0. The van der Waals surface area contributed by atoms with E-state index in [-0.39, 0.29) is 24.2 Å². The summed E-state index contributed by atoms with van der Waals surface area (Å²) < 4.78 is 11.1. The molecule has 2 saturated heterocycles. The molecule has 1 unspecified atom stereocenters. The maximum atomic E-state index is 12.4. The Hall–Kier alpha value is -0.650. The molecule has 0 aromatic heterocycles. The van der Waals surface area contributed by atoms with E-state index in [1.165, 1.54) is 0 Å². The van der Waals surface area contributed by atoms with Crippen molar-refractivity contribution in [2.45, 2.75) is 38.5 Å². The van der Waals surface area contributed by atoms with E-state index in [4.69, 9.17) is 9.47 Å². The maximum Gasteiger partial charge on any atom is 0.242 e. The molecule has 1 amide bonds. The molecule has 1 N–H and O–H groups in total. The van der Waals surface area contributed by atoms with Gasteiger partial charge in [-0.1, -0.05) is 0 Å². The zero-order valence-corrected chi connectivity index (χ0v) is 10.6. The Balaban J connectivity index is 1.97. The van der Waals surface area contributed by atoms with E-state index < -0.39 is 0 Å². The van der Waals surface area contributed by atoms with E-state index in [1.807, 2.05) is 18.7 Å². The normalized spacial score (nSPS) is 35.4. The smallest absolute Gasteiger partial charge is 0.242 e. The van der Waals surface area contributed by atoms with E-state index >= 15 is 0 Å². The van der Waals surface area contributed by atoms with Gasteiger partial charge in [0.1, 0.15) is 6.04 Å².